The van der Waals surface area contributed by atoms with E-state index in [2.05, 4.69) is 4.90 Å². The van der Waals surface area contributed by atoms with Crippen molar-refractivity contribution in [1.82, 2.24) is 4.90 Å². The molecule has 0 amide bonds. The van der Waals surface area contributed by atoms with Gasteiger partial charge in [-0.2, -0.15) is 5.26 Å². The Bertz CT molecular complexity index is 454. The fourth-order valence-corrected chi connectivity index (χ4v) is 2.10. The minimum absolute atomic E-state index is 0.0656. The van der Waals surface area contributed by atoms with Crippen molar-refractivity contribution in [2.24, 2.45) is 0 Å². The van der Waals surface area contributed by atoms with Gasteiger partial charge in [-0.25, -0.2) is 0 Å². The first-order valence-electron chi connectivity index (χ1n) is 6.13. The van der Waals surface area contributed by atoms with Gasteiger partial charge in [0.25, 0.3) is 0 Å². The molecule has 0 aliphatic carbocycles. The van der Waals surface area contributed by atoms with Crippen LogP contribution in [-0.4, -0.2) is 41.5 Å². The summed E-state index contributed by atoms with van der Waals surface area (Å²) in [5.74, 6) is 0.0656. The van der Waals surface area contributed by atoms with Gasteiger partial charge in [0.05, 0.1) is 24.3 Å². The second kappa shape index (κ2) is 5.76. The summed E-state index contributed by atoms with van der Waals surface area (Å²) in [5.41, 5.74) is 1.20. The molecule has 1 fully saturated rings. The Morgan fingerprint density at radius 1 is 1.33 bits per heavy atom. The first-order valence-corrected chi connectivity index (χ1v) is 6.13. The number of aliphatic hydroxyl groups is 1. The van der Waals surface area contributed by atoms with E-state index < -0.39 is 0 Å². The molecule has 0 saturated carbocycles. The Kier molecular flexibility index (Phi) is 4.08. The van der Waals surface area contributed by atoms with Gasteiger partial charge >= 0.3 is 0 Å². The Hall–Kier alpha value is -1.70. The van der Waals surface area contributed by atoms with Crippen LogP contribution in [0.4, 0.5) is 0 Å². The number of hydrogen-bond donors (Lipinski definition) is 1. The predicted molar refractivity (Wildman–Crippen MR) is 67.2 cm³/mol. The summed E-state index contributed by atoms with van der Waals surface area (Å²) < 4.78 is 0. The SMILES string of the molecule is N#Cc1ccc(C(=O)CN2CCC(O)CC2)cc1. The number of carbonyl (C=O) groups is 1. The fraction of sp³-hybridized carbons (Fsp3) is 0.429. The molecule has 0 atom stereocenters. The molecule has 0 spiro atoms. The van der Waals surface area contributed by atoms with Crippen LogP contribution in [0.15, 0.2) is 24.3 Å². The van der Waals surface area contributed by atoms with E-state index in [1.165, 1.54) is 0 Å². The van der Waals surface area contributed by atoms with E-state index in [1.807, 2.05) is 6.07 Å². The lowest BCUT2D eigenvalue weighted by Gasteiger charge is -2.28. The summed E-state index contributed by atoms with van der Waals surface area (Å²) >= 11 is 0. The van der Waals surface area contributed by atoms with E-state index in [4.69, 9.17) is 5.26 Å². The third kappa shape index (κ3) is 3.16. The highest BCUT2D eigenvalue weighted by molar-refractivity contribution is 5.97. The average molecular weight is 244 g/mol. The van der Waals surface area contributed by atoms with Crippen molar-refractivity contribution in [3.63, 3.8) is 0 Å². The van der Waals surface area contributed by atoms with Gasteiger partial charge in [-0.3, -0.25) is 9.69 Å². The van der Waals surface area contributed by atoms with Gasteiger partial charge in [-0.1, -0.05) is 12.1 Å². The number of benzene rings is 1. The highest BCUT2D eigenvalue weighted by atomic mass is 16.3. The largest absolute Gasteiger partial charge is 0.393 e. The zero-order valence-corrected chi connectivity index (χ0v) is 10.2. The number of nitriles is 1. The molecule has 2 rings (SSSR count). The zero-order valence-electron chi connectivity index (χ0n) is 10.2. The van der Waals surface area contributed by atoms with E-state index in [1.54, 1.807) is 24.3 Å². The molecule has 4 nitrogen and oxygen atoms in total. The molecule has 94 valence electrons. The number of hydrogen-bond acceptors (Lipinski definition) is 4. The van der Waals surface area contributed by atoms with Gasteiger partial charge in [0, 0.05) is 18.7 Å². The van der Waals surface area contributed by atoms with Crippen molar-refractivity contribution in [3.8, 4) is 6.07 Å². The van der Waals surface area contributed by atoms with Crippen LogP contribution < -0.4 is 0 Å². The molecule has 18 heavy (non-hydrogen) atoms. The number of rotatable bonds is 3. The Balaban J connectivity index is 1.93. The molecule has 0 unspecified atom stereocenters. The van der Waals surface area contributed by atoms with Crippen molar-refractivity contribution in [1.29, 1.82) is 5.26 Å². The van der Waals surface area contributed by atoms with Crippen molar-refractivity contribution < 1.29 is 9.90 Å². The van der Waals surface area contributed by atoms with Crippen LogP contribution in [0.3, 0.4) is 0 Å². The normalized spacial score (nSPS) is 17.3. The van der Waals surface area contributed by atoms with E-state index in [-0.39, 0.29) is 11.9 Å². The lowest BCUT2D eigenvalue weighted by atomic mass is 10.1. The topological polar surface area (TPSA) is 64.3 Å². The van der Waals surface area contributed by atoms with Crippen molar-refractivity contribution in [3.05, 3.63) is 35.4 Å². The van der Waals surface area contributed by atoms with Gasteiger partial charge in [0.1, 0.15) is 0 Å². The van der Waals surface area contributed by atoms with E-state index in [0.717, 1.165) is 25.9 Å². The molecular weight excluding hydrogens is 228 g/mol. The molecule has 1 aromatic carbocycles. The highest BCUT2D eigenvalue weighted by Gasteiger charge is 2.19. The minimum Gasteiger partial charge on any atom is -0.393 e. The third-order valence-electron chi connectivity index (χ3n) is 3.26. The Morgan fingerprint density at radius 2 is 1.94 bits per heavy atom. The first kappa shape index (κ1) is 12.7. The number of aliphatic hydroxyl groups excluding tert-OH is 1. The minimum atomic E-state index is -0.216. The maximum Gasteiger partial charge on any atom is 0.176 e. The van der Waals surface area contributed by atoms with E-state index >= 15 is 0 Å². The molecule has 0 bridgehead atoms. The van der Waals surface area contributed by atoms with Gasteiger partial charge in [0.15, 0.2) is 5.78 Å². The van der Waals surface area contributed by atoms with Crippen LogP contribution in [0.1, 0.15) is 28.8 Å². The van der Waals surface area contributed by atoms with Gasteiger partial charge in [-0.05, 0) is 25.0 Å². The Morgan fingerprint density at radius 3 is 2.50 bits per heavy atom. The summed E-state index contributed by atoms with van der Waals surface area (Å²) in [6, 6.07) is 8.74. The molecule has 1 heterocycles. The molecule has 0 radical (unpaired) electrons. The number of ketones is 1. The van der Waals surface area contributed by atoms with Crippen LogP contribution in [0.5, 0.6) is 0 Å². The molecule has 1 saturated heterocycles. The lowest BCUT2D eigenvalue weighted by molar-refractivity contribution is 0.0711. The Labute approximate surface area is 106 Å². The maximum absolute atomic E-state index is 12.0. The smallest absolute Gasteiger partial charge is 0.176 e. The summed E-state index contributed by atoms with van der Waals surface area (Å²) in [5, 5.41) is 18.1. The number of carbonyl (C=O) groups excluding carboxylic acids is 1. The number of nitrogens with zero attached hydrogens (tertiary/aromatic N) is 2. The van der Waals surface area contributed by atoms with Crippen molar-refractivity contribution in [2.75, 3.05) is 19.6 Å². The zero-order chi connectivity index (χ0) is 13.0. The molecule has 1 aliphatic rings. The number of likely N-dealkylation sites (tertiary alicyclic amines) is 1. The predicted octanol–water partition coefficient (Wildman–Crippen LogP) is 1.20. The standard InChI is InChI=1S/C14H16N2O2/c15-9-11-1-3-12(4-2-11)14(18)10-16-7-5-13(17)6-8-16/h1-4,13,17H,5-8,10H2. The second-order valence-electron chi connectivity index (χ2n) is 4.62. The van der Waals surface area contributed by atoms with Crippen LogP contribution in [0, 0.1) is 11.3 Å². The maximum atomic E-state index is 12.0. The van der Waals surface area contributed by atoms with Gasteiger partial charge < -0.3 is 5.11 Å². The van der Waals surface area contributed by atoms with Crippen LogP contribution in [-0.2, 0) is 0 Å². The van der Waals surface area contributed by atoms with Crippen LogP contribution in [0.2, 0.25) is 0 Å². The summed E-state index contributed by atoms with van der Waals surface area (Å²) in [6.45, 7) is 1.92. The van der Waals surface area contributed by atoms with Crippen molar-refractivity contribution in [2.45, 2.75) is 18.9 Å². The molecule has 0 aromatic heterocycles. The van der Waals surface area contributed by atoms with Crippen LogP contribution in [0.25, 0.3) is 0 Å². The molecule has 1 aliphatic heterocycles. The van der Waals surface area contributed by atoms with E-state index in [0.29, 0.717) is 17.7 Å². The monoisotopic (exact) mass is 244 g/mol. The quantitative estimate of drug-likeness (QED) is 0.811. The number of Topliss-reactive ketones (excluding diaryl/α,β-unsaturated/α-hetero) is 1. The molecular formula is C14H16N2O2. The van der Waals surface area contributed by atoms with Gasteiger partial charge in [-0.15, -0.1) is 0 Å². The summed E-state index contributed by atoms with van der Waals surface area (Å²) in [6.07, 6.45) is 1.26. The molecule has 4 heteroatoms. The molecule has 1 N–H and O–H groups in total. The molecule has 1 aromatic rings. The first-order chi connectivity index (χ1) is 8.69. The van der Waals surface area contributed by atoms with Crippen LogP contribution >= 0.6 is 0 Å². The number of piperidine rings is 1. The van der Waals surface area contributed by atoms with E-state index in [9.17, 15) is 9.90 Å². The average Bonchev–Trinajstić information content (AvgIpc) is 2.41. The summed E-state index contributed by atoms with van der Waals surface area (Å²) in [4.78, 5) is 14.1. The lowest BCUT2D eigenvalue weighted by Crippen LogP contribution is -2.39. The fourth-order valence-electron chi connectivity index (χ4n) is 2.10. The van der Waals surface area contributed by atoms with Crippen molar-refractivity contribution >= 4 is 5.78 Å². The second-order valence-corrected chi connectivity index (χ2v) is 4.62. The highest BCUT2D eigenvalue weighted by Crippen LogP contribution is 2.11. The third-order valence-corrected chi connectivity index (χ3v) is 3.26. The van der Waals surface area contributed by atoms with Gasteiger partial charge in [0.2, 0.25) is 0 Å². The summed E-state index contributed by atoms with van der Waals surface area (Å²) in [7, 11) is 0.